The van der Waals surface area contributed by atoms with Crippen LogP contribution in [-0.4, -0.2) is 4.57 Å². The molecular formula is C72H49N3. The van der Waals surface area contributed by atoms with Gasteiger partial charge in [-0.2, -0.15) is 0 Å². The van der Waals surface area contributed by atoms with Crippen LogP contribution in [0.2, 0.25) is 0 Å². The lowest BCUT2D eigenvalue weighted by Gasteiger charge is -2.26. The number of aromatic nitrogens is 1. The van der Waals surface area contributed by atoms with Crippen LogP contribution in [-0.2, 0) is 0 Å². The fraction of sp³-hybridized carbons (Fsp3) is 0. The maximum atomic E-state index is 2.47. The molecule has 3 nitrogen and oxygen atoms in total. The van der Waals surface area contributed by atoms with E-state index in [2.05, 4.69) is 312 Å². The Bertz CT molecular complexity index is 4320. The van der Waals surface area contributed by atoms with E-state index >= 15 is 0 Å². The zero-order valence-corrected chi connectivity index (χ0v) is 41.1. The van der Waals surface area contributed by atoms with Gasteiger partial charge in [0.2, 0.25) is 0 Å². The van der Waals surface area contributed by atoms with Gasteiger partial charge >= 0.3 is 0 Å². The van der Waals surface area contributed by atoms with E-state index in [0.717, 1.165) is 62.0 Å². The van der Waals surface area contributed by atoms with Gasteiger partial charge in [0.25, 0.3) is 0 Å². The van der Waals surface area contributed by atoms with Crippen molar-refractivity contribution in [2.75, 3.05) is 9.80 Å². The van der Waals surface area contributed by atoms with Crippen LogP contribution in [0.25, 0.3) is 93.2 Å². The standard InChI is InChI=1S/C72H49N3/c1-5-17-50(18-6-1)52-29-36-58(37-30-52)73(56-21-9-3-10-22-56)59-40-33-54(34-41-59)55-35-45-71-69(47-55)70-49-61(74(57-23-11-4-12-24-57)60-38-31-53(32-39-60)51-19-7-2-8-20-51)43-46-72(70)75(71)62-42-44-67-65-27-14-13-25-63(65)64-26-15-16-28-66(64)68(67)48-62/h1-49H. The maximum Gasteiger partial charge on any atom is 0.0542 e. The molecule has 0 spiro atoms. The van der Waals surface area contributed by atoms with E-state index in [4.69, 9.17) is 0 Å². The van der Waals surface area contributed by atoms with Gasteiger partial charge in [0.1, 0.15) is 0 Å². The van der Waals surface area contributed by atoms with Crippen molar-refractivity contribution in [2.45, 2.75) is 0 Å². The zero-order valence-electron chi connectivity index (χ0n) is 41.1. The van der Waals surface area contributed by atoms with Crippen LogP contribution in [0.1, 0.15) is 0 Å². The highest BCUT2D eigenvalue weighted by Crippen LogP contribution is 2.44. The van der Waals surface area contributed by atoms with Gasteiger partial charge in [0.15, 0.2) is 0 Å². The molecule has 0 aliphatic carbocycles. The van der Waals surface area contributed by atoms with Crippen LogP contribution in [0, 0.1) is 0 Å². The molecule has 13 aromatic carbocycles. The summed E-state index contributed by atoms with van der Waals surface area (Å²) in [5.74, 6) is 0. The molecule has 0 saturated carbocycles. The molecular weight excluding hydrogens is 907 g/mol. The second-order valence-electron chi connectivity index (χ2n) is 19.3. The predicted molar refractivity (Wildman–Crippen MR) is 319 cm³/mol. The van der Waals surface area contributed by atoms with Crippen molar-refractivity contribution in [3.63, 3.8) is 0 Å². The van der Waals surface area contributed by atoms with Crippen LogP contribution in [0.15, 0.2) is 297 Å². The second-order valence-corrected chi connectivity index (χ2v) is 19.3. The van der Waals surface area contributed by atoms with Gasteiger partial charge < -0.3 is 14.4 Å². The monoisotopic (exact) mass is 955 g/mol. The maximum absolute atomic E-state index is 2.47. The van der Waals surface area contributed by atoms with Gasteiger partial charge in [0.05, 0.1) is 11.0 Å². The molecule has 352 valence electrons. The van der Waals surface area contributed by atoms with Gasteiger partial charge in [-0.05, 0) is 169 Å². The summed E-state index contributed by atoms with van der Waals surface area (Å²) >= 11 is 0. The zero-order chi connectivity index (χ0) is 49.7. The summed E-state index contributed by atoms with van der Waals surface area (Å²) in [6.45, 7) is 0. The predicted octanol–water partition coefficient (Wildman–Crippen LogP) is 20.2. The summed E-state index contributed by atoms with van der Waals surface area (Å²) in [7, 11) is 0. The lowest BCUT2D eigenvalue weighted by Crippen LogP contribution is -2.09. The first-order valence-corrected chi connectivity index (χ1v) is 25.7. The molecule has 0 radical (unpaired) electrons. The van der Waals surface area contributed by atoms with Crippen molar-refractivity contribution in [3.05, 3.63) is 297 Å². The summed E-state index contributed by atoms with van der Waals surface area (Å²) in [6, 6.07) is 108. The van der Waals surface area contributed by atoms with Gasteiger partial charge in [0, 0.05) is 50.6 Å². The number of benzene rings is 13. The largest absolute Gasteiger partial charge is 0.311 e. The quantitative estimate of drug-likeness (QED) is 0.127. The minimum atomic E-state index is 1.09. The Labute approximate surface area is 436 Å². The molecule has 14 rings (SSSR count). The SMILES string of the molecule is c1ccc(-c2ccc(N(c3ccccc3)c3ccc(-c4ccc5c(c4)c4cc(N(c6ccccc6)c6ccc(-c7ccccc7)cc6)ccc4n5-c4ccc5c6ccccc6c6ccccc6c5c4)cc3)cc2)cc1. The lowest BCUT2D eigenvalue weighted by atomic mass is 9.94. The number of anilines is 6. The number of hydrogen-bond donors (Lipinski definition) is 0. The van der Waals surface area contributed by atoms with Crippen molar-refractivity contribution in [3.8, 4) is 39.1 Å². The molecule has 3 heteroatoms. The Balaban J connectivity index is 0.923. The van der Waals surface area contributed by atoms with Gasteiger partial charge in [-0.1, -0.05) is 194 Å². The second kappa shape index (κ2) is 18.6. The summed E-state index contributed by atoms with van der Waals surface area (Å²) in [6.07, 6.45) is 0. The third kappa shape index (κ3) is 7.86. The van der Waals surface area contributed by atoms with Gasteiger partial charge in [-0.15, -0.1) is 0 Å². The number of fused-ring (bicyclic) bond motifs is 9. The highest BCUT2D eigenvalue weighted by atomic mass is 15.1. The van der Waals surface area contributed by atoms with Crippen LogP contribution in [0.3, 0.4) is 0 Å². The van der Waals surface area contributed by atoms with E-state index in [1.165, 1.54) is 65.3 Å². The van der Waals surface area contributed by atoms with Crippen LogP contribution < -0.4 is 9.80 Å². The normalized spacial score (nSPS) is 11.5. The third-order valence-corrected chi connectivity index (χ3v) is 14.9. The Morgan fingerprint density at radius 2 is 0.507 bits per heavy atom. The van der Waals surface area contributed by atoms with Crippen molar-refractivity contribution in [1.29, 1.82) is 0 Å². The van der Waals surface area contributed by atoms with Crippen molar-refractivity contribution < 1.29 is 0 Å². The topological polar surface area (TPSA) is 11.4 Å². The Hall–Kier alpha value is -9.96. The Morgan fingerprint density at radius 3 is 0.987 bits per heavy atom. The third-order valence-electron chi connectivity index (χ3n) is 14.9. The molecule has 75 heavy (non-hydrogen) atoms. The highest BCUT2D eigenvalue weighted by molar-refractivity contribution is 6.25. The Morgan fingerprint density at radius 1 is 0.187 bits per heavy atom. The molecule has 0 saturated heterocycles. The molecule has 1 aromatic heterocycles. The first-order chi connectivity index (χ1) is 37.2. The van der Waals surface area contributed by atoms with E-state index in [9.17, 15) is 0 Å². The smallest absolute Gasteiger partial charge is 0.0542 e. The first-order valence-electron chi connectivity index (χ1n) is 25.7. The lowest BCUT2D eigenvalue weighted by molar-refractivity contribution is 1.18. The number of para-hydroxylation sites is 2. The average Bonchev–Trinajstić information content (AvgIpc) is 3.83. The Kier molecular flexibility index (Phi) is 10.8. The van der Waals surface area contributed by atoms with Crippen molar-refractivity contribution in [2.24, 2.45) is 0 Å². The molecule has 14 aromatic rings. The molecule has 0 aliphatic heterocycles. The average molecular weight is 956 g/mol. The highest BCUT2D eigenvalue weighted by Gasteiger charge is 2.20. The van der Waals surface area contributed by atoms with E-state index in [-0.39, 0.29) is 0 Å². The van der Waals surface area contributed by atoms with Gasteiger partial charge in [-0.3, -0.25) is 0 Å². The molecule has 0 aliphatic rings. The fourth-order valence-electron chi connectivity index (χ4n) is 11.4. The molecule has 0 atom stereocenters. The minimum Gasteiger partial charge on any atom is -0.311 e. The van der Waals surface area contributed by atoms with Crippen LogP contribution in [0.5, 0.6) is 0 Å². The number of rotatable bonds is 10. The molecule has 1 heterocycles. The fourth-order valence-corrected chi connectivity index (χ4v) is 11.4. The van der Waals surface area contributed by atoms with Gasteiger partial charge in [-0.25, -0.2) is 0 Å². The van der Waals surface area contributed by atoms with E-state index < -0.39 is 0 Å². The van der Waals surface area contributed by atoms with E-state index in [0.29, 0.717) is 0 Å². The molecule has 0 N–H and O–H groups in total. The first kappa shape index (κ1) is 43.8. The molecule has 0 unspecified atom stereocenters. The summed E-state index contributed by atoms with van der Waals surface area (Å²) in [5.41, 5.74) is 17.1. The summed E-state index contributed by atoms with van der Waals surface area (Å²) < 4.78 is 2.47. The molecule has 0 bridgehead atoms. The van der Waals surface area contributed by atoms with Crippen LogP contribution >= 0.6 is 0 Å². The number of hydrogen-bond acceptors (Lipinski definition) is 2. The molecule has 0 amide bonds. The molecule has 0 fully saturated rings. The van der Waals surface area contributed by atoms with E-state index in [1.54, 1.807) is 0 Å². The van der Waals surface area contributed by atoms with E-state index in [1.807, 2.05) is 0 Å². The van der Waals surface area contributed by atoms with Crippen molar-refractivity contribution in [1.82, 2.24) is 4.57 Å². The van der Waals surface area contributed by atoms with Crippen LogP contribution in [0.4, 0.5) is 34.1 Å². The summed E-state index contributed by atoms with van der Waals surface area (Å²) in [4.78, 5) is 4.71. The number of nitrogens with zero attached hydrogens (tertiary/aromatic N) is 3. The summed E-state index contributed by atoms with van der Waals surface area (Å²) in [5, 5.41) is 9.95. The van der Waals surface area contributed by atoms with Crippen molar-refractivity contribution >= 4 is 88.2 Å². The minimum absolute atomic E-state index is 1.09.